The minimum Gasteiger partial charge on any atom is -0.439 e. The Morgan fingerprint density at radius 3 is 2.67 bits per heavy atom. The Hall–Kier alpha value is -2.39. The van der Waals surface area contributed by atoms with E-state index in [-0.39, 0.29) is 6.61 Å². The third kappa shape index (κ3) is 2.60. The lowest BCUT2D eigenvalue weighted by molar-refractivity contribution is 0.282. The summed E-state index contributed by atoms with van der Waals surface area (Å²) in [5.41, 5.74) is 3.92. The Kier molecular flexibility index (Phi) is 3.59. The molecule has 1 aromatic heterocycles. The van der Waals surface area contributed by atoms with Crippen molar-refractivity contribution in [2.75, 3.05) is 0 Å². The Balaban J connectivity index is 2.07. The van der Waals surface area contributed by atoms with Gasteiger partial charge in [0.1, 0.15) is 5.75 Å². The van der Waals surface area contributed by atoms with E-state index in [1.165, 1.54) is 5.56 Å². The molecule has 0 bridgehead atoms. The maximum Gasteiger partial charge on any atom is 0.220 e. The number of nitrogens with zero attached hydrogens (tertiary/aromatic N) is 1. The summed E-state index contributed by atoms with van der Waals surface area (Å²) in [6, 6.07) is 15.5. The molecule has 0 fully saturated rings. The van der Waals surface area contributed by atoms with Crippen molar-refractivity contribution >= 4 is 10.9 Å². The molecule has 0 aliphatic rings. The summed E-state index contributed by atoms with van der Waals surface area (Å²) in [5.74, 6) is 1.30. The molecular weight excluding hydrogens is 262 g/mol. The van der Waals surface area contributed by atoms with Crippen LogP contribution in [0.2, 0.25) is 0 Å². The number of rotatable bonds is 3. The summed E-state index contributed by atoms with van der Waals surface area (Å²) in [4.78, 5) is 4.52. The molecule has 0 saturated carbocycles. The summed E-state index contributed by atoms with van der Waals surface area (Å²) in [7, 11) is 0. The third-order valence-electron chi connectivity index (χ3n) is 3.72. The molecule has 21 heavy (non-hydrogen) atoms. The molecule has 0 atom stereocenters. The zero-order valence-corrected chi connectivity index (χ0v) is 12.1. The van der Waals surface area contributed by atoms with Gasteiger partial charge in [0.2, 0.25) is 5.88 Å². The standard InChI is InChI=1S/C18H17NO2/c1-12-6-5-9-17(13(12)2)21-18-10-14(11-20)15-7-3-4-8-16(15)19-18/h3-10,20H,11H2,1-2H3. The van der Waals surface area contributed by atoms with Gasteiger partial charge in [-0.2, -0.15) is 0 Å². The van der Waals surface area contributed by atoms with Crippen LogP contribution >= 0.6 is 0 Å². The smallest absolute Gasteiger partial charge is 0.220 e. The molecule has 0 radical (unpaired) electrons. The van der Waals surface area contributed by atoms with E-state index in [0.717, 1.165) is 27.8 Å². The Morgan fingerprint density at radius 2 is 1.86 bits per heavy atom. The first-order valence-electron chi connectivity index (χ1n) is 6.92. The molecule has 3 rings (SSSR count). The van der Waals surface area contributed by atoms with Gasteiger partial charge in [0.05, 0.1) is 12.1 Å². The number of benzene rings is 2. The SMILES string of the molecule is Cc1cccc(Oc2cc(CO)c3ccccc3n2)c1C. The lowest BCUT2D eigenvalue weighted by atomic mass is 10.1. The van der Waals surface area contributed by atoms with Crippen LogP contribution in [0, 0.1) is 13.8 Å². The van der Waals surface area contributed by atoms with Gasteiger partial charge in [0, 0.05) is 11.5 Å². The number of ether oxygens (including phenoxy) is 1. The van der Waals surface area contributed by atoms with Crippen molar-refractivity contribution in [3.8, 4) is 11.6 Å². The van der Waals surface area contributed by atoms with Crippen molar-refractivity contribution in [1.82, 2.24) is 4.98 Å². The number of aliphatic hydroxyl groups is 1. The molecule has 0 aliphatic heterocycles. The van der Waals surface area contributed by atoms with Gasteiger partial charge in [-0.1, -0.05) is 30.3 Å². The first-order chi connectivity index (χ1) is 10.2. The van der Waals surface area contributed by atoms with Crippen LogP contribution in [0.1, 0.15) is 16.7 Å². The normalized spacial score (nSPS) is 10.8. The van der Waals surface area contributed by atoms with Crippen LogP contribution in [-0.2, 0) is 6.61 Å². The molecule has 3 aromatic rings. The number of aliphatic hydroxyl groups excluding tert-OH is 1. The van der Waals surface area contributed by atoms with E-state index in [1.54, 1.807) is 6.07 Å². The van der Waals surface area contributed by atoms with Crippen LogP contribution in [0.3, 0.4) is 0 Å². The van der Waals surface area contributed by atoms with Gasteiger partial charge in [-0.25, -0.2) is 4.98 Å². The van der Waals surface area contributed by atoms with Crippen molar-refractivity contribution in [1.29, 1.82) is 0 Å². The van der Waals surface area contributed by atoms with E-state index in [0.29, 0.717) is 5.88 Å². The fourth-order valence-electron chi connectivity index (χ4n) is 2.35. The van der Waals surface area contributed by atoms with Crippen molar-refractivity contribution < 1.29 is 9.84 Å². The number of pyridine rings is 1. The number of fused-ring (bicyclic) bond motifs is 1. The lowest BCUT2D eigenvalue weighted by Crippen LogP contribution is -1.95. The molecule has 0 unspecified atom stereocenters. The zero-order valence-electron chi connectivity index (χ0n) is 12.1. The predicted octanol–water partition coefficient (Wildman–Crippen LogP) is 4.14. The second-order valence-electron chi connectivity index (χ2n) is 5.09. The highest BCUT2D eigenvalue weighted by atomic mass is 16.5. The number of hydrogen-bond donors (Lipinski definition) is 1. The fourth-order valence-corrected chi connectivity index (χ4v) is 2.35. The monoisotopic (exact) mass is 279 g/mol. The summed E-state index contributed by atoms with van der Waals surface area (Å²) >= 11 is 0. The van der Waals surface area contributed by atoms with Crippen LogP contribution in [-0.4, -0.2) is 10.1 Å². The number of aromatic nitrogens is 1. The van der Waals surface area contributed by atoms with Crippen molar-refractivity contribution in [2.24, 2.45) is 0 Å². The highest BCUT2D eigenvalue weighted by Gasteiger charge is 2.08. The van der Waals surface area contributed by atoms with Gasteiger partial charge in [0.25, 0.3) is 0 Å². The van der Waals surface area contributed by atoms with Gasteiger partial charge in [-0.15, -0.1) is 0 Å². The highest BCUT2D eigenvalue weighted by Crippen LogP contribution is 2.28. The average molecular weight is 279 g/mol. The van der Waals surface area contributed by atoms with Crippen LogP contribution in [0.4, 0.5) is 0 Å². The molecular formula is C18H17NO2. The summed E-state index contributed by atoms with van der Waals surface area (Å²) in [6.45, 7) is 4.04. The summed E-state index contributed by atoms with van der Waals surface area (Å²) < 4.78 is 5.92. The number of aryl methyl sites for hydroxylation is 1. The maximum absolute atomic E-state index is 9.54. The van der Waals surface area contributed by atoms with Gasteiger partial charge >= 0.3 is 0 Å². The van der Waals surface area contributed by atoms with Crippen molar-refractivity contribution in [3.05, 3.63) is 65.2 Å². The molecule has 2 aromatic carbocycles. The van der Waals surface area contributed by atoms with Gasteiger partial charge in [0.15, 0.2) is 0 Å². The lowest BCUT2D eigenvalue weighted by Gasteiger charge is -2.12. The minimum atomic E-state index is -0.0355. The van der Waals surface area contributed by atoms with Gasteiger partial charge in [-0.3, -0.25) is 0 Å². The number of hydrogen-bond acceptors (Lipinski definition) is 3. The summed E-state index contributed by atoms with van der Waals surface area (Å²) in [5, 5.41) is 10.5. The largest absolute Gasteiger partial charge is 0.439 e. The predicted molar refractivity (Wildman–Crippen MR) is 83.7 cm³/mol. The van der Waals surface area contributed by atoms with Gasteiger partial charge in [-0.05, 0) is 42.7 Å². The van der Waals surface area contributed by atoms with Crippen molar-refractivity contribution in [3.63, 3.8) is 0 Å². The quantitative estimate of drug-likeness (QED) is 0.783. The average Bonchev–Trinajstić information content (AvgIpc) is 2.51. The zero-order chi connectivity index (χ0) is 14.8. The third-order valence-corrected chi connectivity index (χ3v) is 3.72. The molecule has 106 valence electrons. The van der Waals surface area contributed by atoms with Crippen LogP contribution < -0.4 is 4.74 Å². The number of para-hydroxylation sites is 1. The molecule has 0 amide bonds. The molecule has 3 heteroatoms. The highest BCUT2D eigenvalue weighted by molar-refractivity contribution is 5.82. The van der Waals surface area contributed by atoms with Crippen molar-refractivity contribution in [2.45, 2.75) is 20.5 Å². The van der Waals surface area contributed by atoms with E-state index in [4.69, 9.17) is 4.74 Å². The molecule has 3 nitrogen and oxygen atoms in total. The first-order valence-corrected chi connectivity index (χ1v) is 6.92. The second-order valence-corrected chi connectivity index (χ2v) is 5.09. The van der Waals surface area contributed by atoms with Crippen LogP contribution in [0.15, 0.2) is 48.5 Å². The first kappa shape index (κ1) is 13.6. The second kappa shape index (κ2) is 5.54. The van der Waals surface area contributed by atoms with E-state index >= 15 is 0 Å². The van der Waals surface area contributed by atoms with E-state index in [1.807, 2.05) is 43.3 Å². The molecule has 1 N–H and O–H groups in total. The maximum atomic E-state index is 9.54. The van der Waals surface area contributed by atoms with E-state index in [2.05, 4.69) is 18.0 Å². The fraction of sp³-hybridized carbons (Fsp3) is 0.167. The van der Waals surface area contributed by atoms with Crippen LogP contribution in [0.25, 0.3) is 10.9 Å². The molecule has 0 spiro atoms. The Morgan fingerprint density at radius 1 is 1.05 bits per heavy atom. The molecule has 0 aliphatic carbocycles. The Bertz CT molecular complexity index is 796. The van der Waals surface area contributed by atoms with Gasteiger partial charge < -0.3 is 9.84 Å². The van der Waals surface area contributed by atoms with E-state index < -0.39 is 0 Å². The summed E-state index contributed by atoms with van der Waals surface area (Å²) in [6.07, 6.45) is 0. The minimum absolute atomic E-state index is 0.0355. The van der Waals surface area contributed by atoms with Crippen LogP contribution in [0.5, 0.6) is 11.6 Å². The molecule has 0 saturated heterocycles. The topological polar surface area (TPSA) is 42.4 Å². The Labute approximate surface area is 123 Å². The van der Waals surface area contributed by atoms with E-state index in [9.17, 15) is 5.11 Å². The molecule has 1 heterocycles.